The fourth-order valence-corrected chi connectivity index (χ4v) is 4.83. The SMILES string of the molecule is CC(C)CC(C)NS(=O)(=O)c1ccc(CCNC(C)C)s1. The van der Waals surface area contributed by atoms with Crippen molar-refractivity contribution < 1.29 is 8.42 Å². The maximum absolute atomic E-state index is 12.3. The minimum absolute atomic E-state index is 0.0387. The molecule has 21 heavy (non-hydrogen) atoms. The molecule has 4 nitrogen and oxygen atoms in total. The first-order chi connectivity index (χ1) is 9.70. The number of hydrogen-bond donors (Lipinski definition) is 2. The smallest absolute Gasteiger partial charge is 0.250 e. The van der Waals surface area contributed by atoms with Crippen molar-refractivity contribution in [1.29, 1.82) is 0 Å². The summed E-state index contributed by atoms with van der Waals surface area (Å²) in [7, 11) is -3.38. The second-order valence-corrected chi connectivity index (χ2v) is 9.34. The number of hydrogen-bond acceptors (Lipinski definition) is 4. The first kappa shape index (κ1) is 18.6. The van der Waals surface area contributed by atoms with E-state index in [1.54, 1.807) is 6.07 Å². The van der Waals surface area contributed by atoms with Gasteiger partial charge in [-0.1, -0.05) is 27.7 Å². The Morgan fingerprint density at radius 2 is 1.81 bits per heavy atom. The zero-order valence-corrected chi connectivity index (χ0v) is 15.3. The molecule has 1 unspecified atom stereocenters. The van der Waals surface area contributed by atoms with Gasteiger partial charge in [0, 0.05) is 23.5 Å². The van der Waals surface area contributed by atoms with Gasteiger partial charge in [-0.3, -0.25) is 0 Å². The summed E-state index contributed by atoms with van der Waals surface area (Å²) in [6.07, 6.45) is 1.70. The summed E-state index contributed by atoms with van der Waals surface area (Å²) in [5.41, 5.74) is 0. The highest BCUT2D eigenvalue weighted by atomic mass is 32.2. The van der Waals surface area contributed by atoms with Gasteiger partial charge in [-0.05, 0) is 37.8 Å². The molecule has 0 aliphatic carbocycles. The molecular weight excluding hydrogens is 304 g/mol. The average Bonchev–Trinajstić information content (AvgIpc) is 2.75. The Morgan fingerprint density at radius 3 is 2.38 bits per heavy atom. The lowest BCUT2D eigenvalue weighted by Gasteiger charge is -2.15. The molecule has 0 radical (unpaired) electrons. The first-order valence-corrected chi connectivity index (χ1v) is 9.85. The van der Waals surface area contributed by atoms with Crippen molar-refractivity contribution in [3.05, 3.63) is 17.0 Å². The van der Waals surface area contributed by atoms with Crippen LogP contribution in [0.1, 0.15) is 45.9 Å². The lowest BCUT2D eigenvalue weighted by molar-refractivity contribution is 0.483. The minimum Gasteiger partial charge on any atom is -0.314 e. The summed E-state index contributed by atoms with van der Waals surface area (Å²) in [5, 5.41) is 3.34. The molecule has 0 aromatic carbocycles. The molecule has 0 aliphatic heterocycles. The molecule has 2 N–H and O–H groups in total. The van der Waals surface area contributed by atoms with Gasteiger partial charge in [0.05, 0.1) is 0 Å². The molecule has 122 valence electrons. The summed E-state index contributed by atoms with van der Waals surface area (Å²) in [5.74, 6) is 0.476. The topological polar surface area (TPSA) is 58.2 Å². The molecule has 1 aromatic heterocycles. The molecule has 0 saturated heterocycles. The van der Waals surface area contributed by atoms with Crippen LogP contribution in [0.15, 0.2) is 16.3 Å². The van der Waals surface area contributed by atoms with Crippen molar-refractivity contribution in [1.82, 2.24) is 10.0 Å². The van der Waals surface area contributed by atoms with Gasteiger partial charge in [0.2, 0.25) is 10.0 Å². The summed E-state index contributed by atoms with van der Waals surface area (Å²) < 4.78 is 27.8. The molecule has 0 saturated carbocycles. The van der Waals surface area contributed by atoms with Gasteiger partial charge in [-0.25, -0.2) is 13.1 Å². The fourth-order valence-electron chi connectivity index (χ4n) is 2.20. The molecule has 1 heterocycles. The van der Waals surface area contributed by atoms with Crippen LogP contribution in [0.4, 0.5) is 0 Å². The quantitative estimate of drug-likeness (QED) is 0.731. The van der Waals surface area contributed by atoms with Crippen LogP contribution in [-0.2, 0) is 16.4 Å². The highest BCUT2D eigenvalue weighted by Gasteiger charge is 2.20. The fraction of sp³-hybridized carbons (Fsp3) is 0.733. The lowest BCUT2D eigenvalue weighted by atomic mass is 10.1. The summed E-state index contributed by atoms with van der Waals surface area (Å²) in [4.78, 5) is 1.10. The van der Waals surface area contributed by atoms with Gasteiger partial charge in [-0.15, -0.1) is 11.3 Å². The molecule has 0 amide bonds. The third-order valence-corrected chi connectivity index (χ3v) is 6.23. The van der Waals surface area contributed by atoms with Crippen LogP contribution >= 0.6 is 11.3 Å². The number of sulfonamides is 1. The maximum Gasteiger partial charge on any atom is 0.250 e. The largest absolute Gasteiger partial charge is 0.314 e. The van der Waals surface area contributed by atoms with Crippen LogP contribution < -0.4 is 10.0 Å². The zero-order valence-electron chi connectivity index (χ0n) is 13.6. The normalized spacial score (nSPS) is 14.0. The number of rotatable bonds is 9. The molecule has 1 atom stereocenters. The lowest BCUT2D eigenvalue weighted by Crippen LogP contribution is -2.33. The molecular formula is C15H28N2O2S2. The van der Waals surface area contributed by atoms with Crippen molar-refractivity contribution >= 4 is 21.4 Å². The van der Waals surface area contributed by atoms with Crippen LogP contribution in [-0.4, -0.2) is 27.0 Å². The Morgan fingerprint density at radius 1 is 1.14 bits per heavy atom. The Labute approximate surface area is 133 Å². The Hall–Kier alpha value is -0.430. The standard InChI is InChI=1S/C15H28N2O2S2/c1-11(2)10-13(5)17-21(18,19)15-7-6-14(20-15)8-9-16-12(3)4/h6-7,11-13,16-17H,8-10H2,1-5H3. The van der Waals surface area contributed by atoms with Crippen molar-refractivity contribution in [3.8, 4) is 0 Å². The van der Waals surface area contributed by atoms with Crippen molar-refractivity contribution in [3.63, 3.8) is 0 Å². The van der Waals surface area contributed by atoms with Gasteiger partial charge in [-0.2, -0.15) is 0 Å². The summed E-state index contributed by atoms with van der Waals surface area (Å²) in [6, 6.07) is 4.03. The van der Waals surface area contributed by atoms with E-state index >= 15 is 0 Å². The predicted molar refractivity (Wildman–Crippen MR) is 90.4 cm³/mol. The van der Waals surface area contributed by atoms with E-state index in [0.29, 0.717) is 16.2 Å². The predicted octanol–water partition coefficient (Wildman–Crippen LogP) is 3.00. The number of nitrogens with one attached hydrogen (secondary N) is 2. The monoisotopic (exact) mass is 332 g/mol. The second-order valence-electron chi connectivity index (χ2n) is 6.23. The van der Waals surface area contributed by atoms with E-state index < -0.39 is 10.0 Å². The van der Waals surface area contributed by atoms with Crippen molar-refractivity contribution in [2.75, 3.05) is 6.54 Å². The average molecular weight is 333 g/mol. The summed E-state index contributed by atoms with van der Waals surface area (Å²) >= 11 is 1.36. The van der Waals surface area contributed by atoms with Crippen LogP contribution in [0.5, 0.6) is 0 Å². The van der Waals surface area contributed by atoms with Crippen molar-refractivity contribution in [2.45, 2.75) is 63.8 Å². The second kappa shape index (κ2) is 8.27. The molecule has 0 bridgehead atoms. The molecule has 6 heteroatoms. The van der Waals surface area contributed by atoms with E-state index in [9.17, 15) is 8.42 Å². The van der Waals surface area contributed by atoms with Gasteiger partial charge >= 0.3 is 0 Å². The van der Waals surface area contributed by atoms with Crippen molar-refractivity contribution in [2.24, 2.45) is 5.92 Å². The van der Waals surface area contributed by atoms with E-state index in [1.807, 2.05) is 13.0 Å². The molecule has 0 aliphatic rings. The van der Waals surface area contributed by atoms with Crippen LogP contribution in [0.25, 0.3) is 0 Å². The highest BCUT2D eigenvalue weighted by molar-refractivity contribution is 7.91. The summed E-state index contributed by atoms with van der Waals surface area (Å²) in [6.45, 7) is 11.2. The van der Waals surface area contributed by atoms with Crippen LogP contribution in [0.3, 0.4) is 0 Å². The van der Waals surface area contributed by atoms with E-state index in [-0.39, 0.29) is 6.04 Å². The van der Waals surface area contributed by atoms with Crippen LogP contribution in [0.2, 0.25) is 0 Å². The van der Waals surface area contributed by atoms with Crippen LogP contribution in [0, 0.1) is 5.92 Å². The van der Waals surface area contributed by atoms with Gasteiger partial charge in [0.15, 0.2) is 0 Å². The third-order valence-electron chi connectivity index (χ3n) is 3.01. The van der Waals surface area contributed by atoms with Gasteiger partial charge in [0.25, 0.3) is 0 Å². The Kier molecular flexibility index (Phi) is 7.33. The molecule has 1 aromatic rings. The molecule has 0 fully saturated rings. The third kappa shape index (κ3) is 6.91. The Balaban J connectivity index is 2.61. The zero-order chi connectivity index (χ0) is 16.0. The highest BCUT2D eigenvalue weighted by Crippen LogP contribution is 2.22. The van der Waals surface area contributed by atoms with E-state index in [2.05, 4.69) is 37.7 Å². The van der Waals surface area contributed by atoms with Gasteiger partial charge < -0.3 is 5.32 Å². The Bertz CT molecular complexity index is 522. The molecule has 0 spiro atoms. The van der Waals surface area contributed by atoms with Gasteiger partial charge in [0.1, 0.15) is 4.21 Å². The van der Waals surface area contributed by atoms with E-state index in [1.165, 1.54) is 11.3 Å². The number of thiophene rings is 1. The first-order valence-electron chi connectivity index (χ1n) is 7.55. The van der Waals surface area contributed by atoms with E-state index in [4.69, 9.17) is 0 Å². The maximum atomic E-state index is 12.3. The minimum atomic E-state index is -3.38. The molecule has 1 rings (SSSR count). The van der Waals surface area contributed by atoms with E-state index in [0.717, 1.165) is 24.3 Å².